The highest BCUT2D eigenvalue weighted by molar-refractivity contribution is 6.02. The third-order valence-corrected chi connectivity index (χ3v) is 4.92. The maximum Gasteiger partial charge on any atom is 0.420 e. The highest BCUT2D eigenvalue weighted by Crippen LogP contribution is 2.46. The maximum atomic E-state index is 13.2. The number of benzene rings is 2. The van der Waals surface area contributed by atoms with E-state index >= 15 is 0 Å². The number of para-hydroxylation sites is 4. The Labute approximate surface area is 189 Å². The van der Waals surface area contributed by atoms with Crippen molar-refractivity contribution < 1.29 is 38.1 Å². The van der Waals surface area contributed by atoms with Crippen molar-refractivity contribution in [3.63, 3.8) is 0 Å². The predicted octanol–water partition coefficient (Wildman–Crippen LogP) is 3.59. The van der Waals surface area contributed by atoms with Gasteiger partial charge < -0.3 is 19.9 Å². The van der Waals surface area contributed by atoms with Gasteiger partial charge in [-0.3, -0.25) is 14.4 Å². The van der Waals surface area contributed by atoms with E-state index < -0.39 is 54.9 Å². The lowest BCUT2D eigenvalue weighted by Crippen LogP contribution is -2.50. The molecule has 1 aliphatic heterocycles. The number of halogens is 1. The summed E-state index contributed by atoms with van der Waals surface area (Å²) in [5.74, 6) is -3.09. The number of amides is 2. The Morgan fingerprint density at radius 2 is 1.58 bits per heavy atom. The first-order valence-electron chi connectivity index (χ1n) is 10.2. The minimum Gasteiger partial charge on any atom is -0.481 e. The molecule has 2 amide bonds. The van der Waals surface area contributed by atoms with Gasteiger partial charge in [0.05, 0.1) is 17.8 Å². The van der Waals surface area contributed by atoms with Crippen molar-refractivity contribution in [3.8, 4) is 11.5 Å². The van der Waals surface area contributed by atoms with E-state index in [0.717, 1.165) is 0 Å². The predicted molar refractivity (Wildman–Crippen MR) is 115 cm³/mol. The largest absolute Gasteiger partial charge is 0.481 e. The molecule has 0 fully saturated rings. The molecule has 0 spiro atoms. The number of hydrogen-bond donors (Lipinski definition) is 2. The van der Waals surface area contributed by atoms with Crippen molar-refractivity contribution >= 4 is 35.1 Å². The number of carboxylic acids is 1. The zero-order valence-corrected chi connectivity index (χ0v) is 18.0. The monoisotopic (exact) mass is 458 g/mol. The van der Waals surface area contributed by atoms with Gasteiger partial charge in [0, 0.05) is 0 Å². The molecule has 10 heteroatoms. The lowest BCUT2D eigenvalue weighted by Gasteiger charge is -2.32. The molecule has 3 rings (SSSR count). The first-order valence-corrected chi connectivity index (χ1v) is 10.2. The number of aliphatic carboxylic acids is 1. The van der Waals surface area contributed by atoms with E-state index in [-0.39, 0.29) is 0 Å². The normalized spacial score (nSPS) is 13.8. The van der Waals surface area contributed by atoms with Gasteiger partial charge in [-0.1, -0.05) is 38.1 Å². The fourth-order valence-electron chi connectivity index (χ4n) is 3.32. The Kier molecular flexibility index (Phi) is 7.27. The molecule has 9 nitrogen and oxygen atoms in total. The minimum absolute atomic E-state index is 0.403. The number of fused-ring (bicyclic) bond motifs is 2. The van der Waals surface area contributed by atoms with Gasteiger partial charge in [-0.25, -0.2) is 14.1 Å². The van der Waals surface area contributed by atoms with E-state index in [1.54, 1.807) is 62.4 Å². The number of nitrogens with zero attached hydrogens (tertiary/aromatic N) is 1. The smallest absolute Gasteiger partial charge is 0.420 e. The number of Topliss-reactive ketones (excluding diaryl/α,β-unsaturated/α-hetero) is 1. The average molecular weight is 458 g/mol. The number of ketones is 1. The zero-order valence-electron chi connectivity index (χ0n) is 18.0. The van der Waals surface area contributed by atoms with Crippen molar-refractivity contribution in [2.75, 3.05) is 11.6 Å². The van der Waals surface area contributed by atoms with Crippen molar-refractivity contribution in [1.29, 1.82) is 0 Å². The second-order valence-corrected chi connectivity index (χ2v) is 7.68. The van der Waals surface area contributed by atoms with Crippen LogP contribution in [0.2, 0.25) is 0 Å². The number of carbonyl (C=O) groups is 4. The summed E-state index contributed by atoms with van der Waals surface area (Å²) >= 11 is 0. The molecule has 2 unspecified atom stereocenters. The summed E-state index contributed by atoms with van der Waals surface area (Å²) in [5.41, 5.74) is 0.806. The molecule has 2 aromatic carbocycles. The van der Waals surface area contributed by atoms with Crippen LogP contribution in [0.5, 0.6) is 11.5 Å². The number of anilines is 2. The van der Waals surface area contributed by atoms with Crippen molar-refractivity contribution in [2.45, 2.75) is 32.4 Å². The molecular formula is C23H23FN2O7. The second kappa shape index (κ2) is 10.1. The molecular weight excluding hydrogens is 435 g/mol. The van der Waals surface area contributed by atoms with Crippen LogP contribution < -0.4 is 15.0 Å². The summed E-state index contributed by atoms with van der Waals surface area (Å²) in [6.45, 7) is 1.79. The molecule has 174 valence electrons. The number of carboxylic acid groups (broad SMARTS) is 1. The number of rotatable bonds is 8. The first kappa shape index (κ1) is 23.7. The van der Waals surface area contributed by atoms with Crippen LogP contribution in [0.1, 0.15) is 20.3 Å². The molecule has 0 aliphatic carbocycles. The summed E-state index contributed by atoms with van der Waals surface area (Å²) in [7, 11) is 0. The Morgan fingerprint density at radius 3 is 2.06 bits per heavy atom. The van der Waals surface area contributed by atoms with E-state index in [1.807, 2.05) is 0 Å². The lowest BCUT2D eigenvalue weighted by molar-refractivity contribution is -0.141. The molecule has 33 heavy (non-hydrogen) atoms. The molecule has 1 heterocycles. The summed E-state index contributed by atoms with van der Waals surface area (Å²) in [6, 6.07) is 12.0. The quantitative estimate of drug-likeness (QED) is 0.620. The van der Waals surface area contributed by atoms with Gasteiger partial charge in [-0.2, -0.15) is 0 Å². The molecule has 0 aromatic heterocycles. The zero-order chi connectivity index (χ0) is 24.1. The van der Waals surface area contributed by atoms with Crippen LogP contribution in [-0.4, -0.2) is 47.7 Å². The van der Waals surface area contributed by atoms with Gasteiger partial charge in [0.2, 0.25) is 0 Å². The Hall–Kier alpha value is -3.95. The molecule has 0 saturated heterocycles. The molecule has 1 aliphatic rings. The summed E-state index contributed by atoms with van der Waals surface area (Å²) < 4.78 is 24.2. The lowest BCUT2D eigenvalue weighted by atomic mass is 10.0. The molecule has 0 bridgehead atoms. The SMILES string of the molecule is CC(C)C(OC(=O)N1c2ccccc2Oc2ccccc21)C(=O)NC(CC(=O)O)C(=O)CF. The maximum absolute atomic E-state index is 13.2. The Bertz CT molecular complexity index is 1030. The molecule has 0 saturated carbocycles. The third kappa shape index (κ3) is 5.28. The number of ether oxygens (including phenoxy) is 2. The van der Waals surface area contributed by atoms with E-state index in [4.69, 9.17) is 14.6 Å². The van der Waals surface area contributed by atoms with Gasteiger partial charge >= 0.3 is 12.1 Å². The van der Waals surface area contributed by atoms with E-state index in [9.17, 15) is 23.6 Å². The van der Waals surface area contributed by atoms with E-state index in [2.05, 4.69) is 5.32 Å². The second-order valence-electron chi connectivity index (χ2n) is 7.68. The van der Waals surface area contributed by atoms with Crippen LogP contribution >= 0.6 is 0 Å². The van der Waals surface area contributed by atoms with Crippen LogP contribution in [0, 0.1) is 5.92 Å². The van der Waals surface area contributed by atoms with Gasteiger partial charge in [0.1, 0.15) is 12.7 Å². The van der Waals surface area contributed by atoms with Crippen molar-refractivity contribution in [3.05, 3.63) is 48.5 Å². The van der Waals surface area contributed by atoms with Gasteiger partial charge in [-0.05, 0) is 30.2 Å². The third-order valence-electron chi connectivity index (χ3n) is 4.92. The number of hydrogen-bond acceptors (Lipinski definition) is 6. The van der Waals surface area contributed by atoms with Crippen LogP contribution in [0.25, 0.3) is 0 Å². The van der Waals surface area contributed by atoms with Gasteiger partial charge in [0.25, 0.3) is 5.91 Å². The first-order chi connectivity index (χ1) is 15.7. The Balaban J connectivity index is 1.86. The number of alkyl halides is 1. The molecule has 0 radical (unpaired) electrons. The van der Waals surface area contributed by atoms with Crippen LogP contribution in [-0.2, 0) is 19.1 Å². The van der Waals surface area contributed by atoms with Crippen LogP contribution in [0.3, 0.4) is 0 Å². The molecule has 2 atom stereocenters. The van der Waals surface area contributed by atoms with Crippen LogP contribution in [0.15, 0.2) is 48.5 Å². The Morgan fingerprint density at radius 1 is 1.03 bits per heavy atom. The minimum atomic E-state index is -1.58. The van der Waals surface area contributed by atoms with Crippen LogP contribution in [0.4, 0.5) is 20.6 Å². The highest BCUT2D eigenvalue weighted by Gasteiger charge is 2.36. The fraction of sp³-hybridized carbons (Fsp3) is 0.304. The summed E-state index contributed by atoms with van der Waals surface area (Å²) in [4.78, 5) is 50.1. The number of nitrogens with one attached hydrogen (secondary N) is 1. The standard InChI is InChI=1S/C23H23FN2O7/c1-13(2)21(22(30)25-14(11-20(28)29)17(27)12-24)33-23(31)26-15-7-3-5-9-18(15)32-19-10-6-4-8-16(19)26/h3-10,13-14,21H,11-12H2,1-2H3,(H,25,30)(H,28,29). The highest BCUT2D eigenvalue weighted by atomic mass is 19.1. The van der Waals surface area contributed by atoms with Crippen molar-refractivity contribution in [1.82, 2.24) is 5.32 Å². The van der Waals surface area contributed by atoms with Gasteiger partial charge in [0.15, 0.2) is 23.4 Å². The average Bonchev–Trinajstić information content (AvgIpc) is 2.79. The van der Waals surface area contributed by atoms with E-state index in [1.165, 1.54) is 4.90 Å². The number of carbonyl (C=O) groups excluding carboxylic acids is 3. The summed E-state index contributed by atoms with van der Waals surface area (Å²) in [5, 5.41) is 11.2. The van der Waals surface area contributed by atoms with Crippen molar-refractivity contribution in [2.24, 2.45) is 5.92 Å². The summed E-state index contributed by atoms with van der Waals surface area (Å²) in [6.07, 6.45) is -3.04. The van der Waals surface area contributed by atoms with Gasteiger partial charge in [-0.15, -0.1) is 0 Å². The molecule has 2 aromatic rings. The topological polar surface area (TPSA) is 122 Å². The molecule has 2 N–H and O–H groups in total. The van der Waals surface area contributed by atoms with E-state index in [0.29, 0.717) is 22.9 Å². The fourth-order valence-corrected chi connectivity index (χ4v) is 3.32.